The Morgan fingerprint density at radius 3 is 2.26 bits per heavy atom. The lowest BCUT2D eigenvalue weighted by Gasteiger charge is -2.29. The molecule has 1 aliphatic heterocycles. The molecule has 1 heterocycles. The number of aliphatic hydroxyl groups is 1. The Morgan fingerprint density at radius 2 is 1.78 bits per heavy atom. The lowest BCUT2D eigenvalue weighted by atomic mass is 10.1. The Morgan fingerprint density at radius 1 is 1.19 bits per heavy atom. The number of amides is 3. The van der Waals surface area contributed by atoms with Gasteiger partial charge in [-0.05, 0) is 19.8 Å². The van der Waals surface area contributed by atoms with Crippen LogP contribution in [0.3, 0.4) is 0 Å². The first-order chi connectivity index (χ1) is 12.6. The van der Waals surface area contributed by atoms with E-state index in [4.69, 9.17) is 10.8 Å². The minimum Gasteiger partial charge on any atom is -0.480 e. The standard InChI is InChI=1S/C15H26N4O6S2/c1-7(20)11(16)13(22)17-8(5-26)14(23)19-4-2-3-10(19)12(21)18-9(6-27)15(24)25/h7-11,20,26-27H,2-6,16H2,1H3,(H,17,22)(H,18,21)(H,24,25). The van der Waals surface area contributed by atoms with Gasteiger partial charge in [0.2, 0.25) is 17.7 Å². The molecule has 6 N–H and O–H groups in total. The molecule has 0 aromatic carbocycles. The molecule has 5 atom stereocenters. The summed E-state index contributed by atoms with van der Waals surface area (Å²) in [5.74, 6) is -3.16. The van der Waals surface area contributed by atoms with E-state index >= 15 is 0 Å². The van der Waals surface area contributed by atoms with Crippen LogP contribution in [0.5, 0.6) is 0 Å². The Balaban J connectivity index is 2.82. The number of hydrogen-bond donors (Lipinski definition) is 7. The number of carboxylic acids is 1. The number of thiol groups is 2. The van der Waals surface area contributed by atoms with Crippen molar-refractivity contribution >= 4 is 48.9 Å². The Labute approximate surface area is 168 Å². The molecular weight excluding hydrogens is 396 g/mol. The molecular formula is C15H26N4O6S2. The third kappa shape index (κ3) is 6.26. The van der Waals surface area contributed by atoms with Crippen LogP contribution >= 0.6 is 25.3 Å². The highest BCUT2D eigenvalue weighted by atomic mass is 32.1. The summed E-state index contributed by atoms with van der Waals surface area (Å²) in [5.41, 5.74) is 5.55. The number of aliphatic hydroxyl groups excluding tert-OH is 1. The van der Waals surface area contributed by atoms with Crippen molar-refractivity contribution in [1.82, 2.24) is 15.5 Å². The minimum atomic E-state index is -1.22. The number of aliphatic carboxylic acids is 1. The minimum absolute atomic E-state index is 0.0314. The molecule has 12 heteroatoms. The number of hydrogen-bond acceptors (Lipinski definition) is 8. The summed E-state index contributed by atoms with van der Waals surface area (Å²) in [4.78, 5) is 49.5. The maximum atomic E-state index is 12.8. The molecule has 0 aliphatic carbocycles. The van der Waals surface area contributed by atoms with Gasteiger partial charge in [-0.3, -0.25) is 14.4 Å². The lowest BCUT2D eigenvalue weighted by Crippen LogP contribution is -2.58. The van der Waals surface area contributed by atoms with E-state index in [1.165, 1.54) is 11.8 Å². The smallest absolute Gasteiger partial charge is 0.327 e. The average Bonchev–Trinajstić information content (AvgIpc) is 3.11. The van der Waals surface area contributed by atoms with Gasteiger partial charge in [0.1, 0.15) is 24.2 Å². The van der Waals surface area contributed by atoms with Crippen molar-refractivity contribution in [3.63, 3.8) is 0 Å². The topological polar surface area (TPSA) is 162 Å². The van der Waals surface area contributed by atoms with Gasteiger partial charge >= 0.3 is 5.97 Å². The van der Waals surface area contributed by atoms with Crippen molar-refractivity contribution in [3.8, 4) is 0 Å². The lowest BCUT2D eigenvalue weighted by molar-refractivity contribution is -0.144. The van der Waals surface area contributed by atoms with Crippen LogP contribution in [0.4, 0.5) is 0 Å². The first kappa shape index (κ1) is 23.5. The van der Waals surface area contributed by atoms with Gasteiger partial charge in [-0.15, -0.1) is 0 Å². The molecule has 0 aromatic heterocycles. The summed E-state index contributed by atoms with van der Waals surface area (Å²) in [6.07, 6.45) is -0.167. The molecule has 27 heavy (non-hydrogen) atoms. The van der Waals surface area contributed by atoms with E-state index in [0.29, 0.717) is 12.8 Å². The third-order valence-corrected chi connectivity index (χ3v) is 4.99. The average molecular weight is 423 g/mol. The van der Waals surface area contributed by atoms with E-state index in [1.807, 2.05) is 0 Å². The van der Waals surface area contributed by atoms with Crippen LogP contribution in [0.1, 0.15) is 19.8 Å². The Bertz CT molecular complexity index is 577. The van der Waals surface area contributed by atoms with Crippen molar-refractivity contribution in [2.75, 3.05) is 18.1 Å². The second-order valence-electron chi connectivity index (χ2n) is 6.28. The number of likely N-dealkylation sites (tertiary alicyclic amines) is 1. The molecule has 10 nitrogen and oxygen atoms in total. The highest BCUT2D eigenvalue weighted by Gasteiger charge is 2.38. The quantitative estimate of drug-likeness (QED) is 0.204. The van der Waals surface area contributed by atoms with Gasteiger partial charge in [-0.25, -0.2) is 4.79 Å². The normalized spacial score (nSPS) is 21.1. The van der Waals surface area contributed by atoms with E-state index < -0.39 is 54.0 Å². The Hall–Kier alpha value is -1.50. The number of carboxylic acid groups (broad SMARTS) is 1. The summed E-state index contributed by atoms with van der Waals surface area (Å²) < 4.78 is 0. The number of nitrogens with two attached hydrogens (primary N) is 1. The Kier molecular flexibility index (Phi) is 9.36. The van der Waals surface area contributed by atoms with E-state index in [1.54, 1.807) is 0 Å². The van der Waals surface area contributed by atoms with Gasteiger partial charge in [0.05, 0.1) is 6.10 Å². The molecule has 0 spiro atoms. The maximum absolute atomic E-state index is 12.8. The van der Waals surface area contributed by atoms with Crippen LogP contribution in [-0.2, 0) is 19.2 Å². The van der Waals surface area contributed by atoms with Crippen LogP contribution < -0.4 is 16.4 Å². The third-order valence-electron chi connectivity index (χ3n) is 4.26. The van der Waals surface area contributed by atoms with Crippen LogP contribution in [-0.4, -0.2) is 87.1 Å². The molecule has 0 saturated carbocycles. The van der Waals surface area contributed by atoms with Gasteiger partial charge < -0.3 is 31.5 Å². The molecule has 0 radical (unpaired) electrons. The zero-order valence-electron chi connectivity index (χ0n) is 14.9. The number of nitrogens with zero attached hydrogens (tertiary/aromatic N) is 1. The molecule has 0 bridgehead atoms. The maximum Gasteiger partial charge on any atom is 0.327 e. The molecule has 3 amide bonds. The zero-order valence-corrected chi connectivity index (χ0v) is 16.7. The van der Waals surface area contributed by atoms with Crippen molar-refractivity contribution in [2.45, 2.75) is 50.0 Å². The predicted octanol–water partition coefficient (Wildman–Crippen LogP) is -2.40. The first-order valence-electron chi connectivity index (χ1n) is 8.43. The number of rotatable bonds is 9. The largest absolute Gasteiger partial charge is 0.480 e. The summed E-state index contributed by atoms with van der Waals surface area (Å²) >= 11 is 7.96. The van der Waals surface area contributed by atoms with E-state index in [9.17, 15) is 24.3 Å². The van der Waals surface area contributed by atoms with Crippen molar-refractivity contribution < 1.29 is 29.4 Å². The van der Waals surface area contributed by atoms with Gasteiger partial charge in [-0.1, -0.05) is 0 Å². The van der Waals surface area contributed by atoms with Crippen LogP contribution in [0.15, 0.2) is 0 Å². The van der Waals surface area contributed by atoms with E-state index in [0.717, 1.165) is 0 Å². The van der Waals surface area contributed by atoms with E-state index in [2.05, 4.69) is 35.9 Å². The van der Waals surface area contributed by atoms with Gasteiger partial charge in [0.25, 0.3) is 0 Å². The van der Waals surface area contributed by atoms with Crippen LogP contribution in [0.2, 0.25) is 0 Å². The van der Waals surface area contributed by atoms with Crippen molar-refractivity contribution in [1.29, 1.82) is 0 Å². The molecule has 1 rings (SSSR count). The van der Waals surface area contributed by atoms with Crippen molar-refractivity contribution in [2.24, 2.45) is 5.73 Å². The molecule has 0 aromatic rings. The second kappa shape index (κ2) is 10.7. The second-order valence-corrected chi connectivity index (χ2v) is 7.01. The molecule has 1 saturated heterocycles. The molecule has 1 aliphatic rings. The van der Waals surface area contributed by atoms with Gasteiger partial charge in [-0.2, -0.15) is 25.3 Å². The van der Waals surface area contributed by atoms with E-state index in [-0.39, 0.29) is 18.1 Å². The summed E-state index contributed by atoms with van der Waals surface area (Å²) in [6.45, 7) is 1.64. The van der Waals surface area contributed by atoms with Crippen molar-refractivity contribution in [3.05, 3.63) is 0 Å². The number of nitrogens with one attached hydrogen (secondary N) is 2. The fourth-order valence-corrected chi connectivity index (χ4v) is 3.12. The number of carbonyl (C=O) groups excluding carboxylic acids is 3. The molecule has 154 valence electrons. The molecule has 1 fully saturated rings. The first-order valence-corrected chi connectivity index (χ1v) is 9.69. The summed E-state index contributed by atoms with van der Waals surface area (Å²) in [7, 11) is 0. The fourth-order valence-electron chi connectivity index (χ4n) is 2.63. The zero-order chi connectivity index (χ0) is 20.7. The van der Waals surface area contributed by atoms with Crippen LogP contribution in [0.25, 0.3) is 0 Å². The highest BCUT2D eigenvalue weighted by molar-refractivity contribution is 7.80. The SMILES string of the molecule is CC(O)C(N)C(=O)NC(CS)C(=O)N1CCCC1C(=O)NC(CS)C(=O)O. The number of carbonyl (C=O) groups is 4. The summed E-state index contributed by atoms with van der Waals surface area (Å²) in [6, 6.07) is -4.24. The van der Waals surface area contributed by atoms with Gasteiger partial charge in [0.15, 0.2) is 0 Å². The monoisotopic (exact) mass is 422 g/mol. The fraction of sp³-hybridized carbons (Fsp3) is 0.733. The highest BCUT2D eigenvalue weighted by Crippen LogP contribution is 2.19. The van der Waals surface area contributed by atoms with Gasteiger partial charge in [0, 0.05) is 18.1 Å². The summed E-state index contributed by atoms with van der Waals surface area (Å²) in [5, 5.41) is 23.2. The predicted molar refractivity (Wildman–Crippen MR) is 104 cm³/mol. The molecule has 5 unspecified atom stereocenters. The van der Waals surface area contributed by atoms with Crippen LogP contribution in [0, 0.1) is 0 Å².